The minimum absolute atomic E-state index is 0.157. The minimum atomic E-state index is -0.932. The van der Waals surface area contributed by atoms with Gasteiger partial charge in [0.05, 0.1) is 14.2 Å². The van der Waals surface area contributed by atoms with Crippen molar-refractivity contribution in [2.45, 2.75) is 70.9 Å². The van der Waals surface area contributed by atoms with Gasteiger partial charge in [0.1, 0.15) is 11.5 Å². The van der Waals surface area contributed by atoms with E-state index in [2.05, 4.69) is 6.07 Å². The number of carboxylic acids is 1. The zero-order valence-electron chi connectivity index (χ0n) is 22.0. The Morgan fingerprint density at radius 1 is 1.11 bits per heavy atom. The highest BCUT2D eigenvalue weighted by Gasteiger charge is 2.26. The monoisotopic (exact) mass is 490 g/mol. The Morgan fingerprint density at radius 2 is 1.89 bits per heavy atom. The number of carbonyl (C=O) groups excluding carboxylic acids is 1. The van der Waals surface area contributed by atoms with Crippen molar-refractivity contribution >= 4 is 11.9 Å². The molecule has 1 aliphatic rings. The Hall–Kier alpha value is -3.54. The van der Waals surface area contributed by atoms with Gasteiger partial charge in [-0.15, -0.1) is 0 Å². The number of aliphatic carboxylic acids is 1. The van der Waals surface area contributed by atoms with Gasteiger partial charge in [0, 0.05) is 35.7 Å². The zero-order valence-corrected chi connectivity index (χ0v) is 21.0. The molecule has 1 aromatic heterocycles. The van der Waals surface area contributed by atoms with Gasteiger partial charge in [0.25, 0.3) is 5.91 Å². The highest BCUT2D eigenvalue weighted by atomic mass is 16.5. The predicted octanol–water partition coefficient (Wildman–Crippen LogP) is 6.90. The number of furan rings is 1. The zero-order chi connectivity index (χ0) is 26.4. The predicted molar refractivity (Wildman–Crippen MR) is 139 cm³/mol. The summed E-state index contributed by atoms with van der Waals surface area (Å²) in [5.74, 6) is 0.852. The van der Waals surface area contributed by atoms with E-state index in [-0.39, 0.29) is 18.4 Å². The maximum atomic E-state index is 13.6. The van der Waals surface area contributed by atoms with Gasteiger partial charge in [-0.25, -0.2) is 0 Å². The highest BCUT2D eigenvalue weighted by molar-refractivity contribution is 5.94. The molecule has 0 aliphatic heterocycles. The summed E-state index contributed by atoms with van der Waals surface area (Å²) in [6.45, 7) is 3.35. The standard InChI is InChI=1S/C30H35NO5/c1-21(2)31(30(34)24-13-11-23(12-14-24)27-7-6-18-36-27)20-26-19-25(22-9-10-22)15-16-28(26)35-17-5-3-4-8-29(32)33/h6-7,11-16,18-19,21-22H,3-5,8-10,17,20H2,1-2H3,(H,32,33)/i20D. The SMILES string of the molecule is [2H]C(c1cc(C2CC2)ccc1OCCCCCC(=O)O)N(C(=O)c1ccc(-c2ccco2)cc1)C(C)C. The first-order valence-electron chi connectivity index (χ1n) is 13.3. The summed E-state index contributed by atoms with van der Waals surface area (Å²) >= 11 is 0. The molecule has 1 N–H and O–H groups in total. The van der Waals surface area contributed by atoms with Crippen LogP contribution in [0.4, 0.5) is 0 Å². The second-order valence-corrected chi connectivity index (χ2v) is 9.61. The van der Waals surface area contributed by atoms with Crippen molar-refractivity contribution in [1.29, 1.82) is 0 Å². The van der Waals surface area contributed by atoms with E-state index < -0.39 is 12.5 Å². The third-order valence-corrected chi connectivity index (χ3v) is 6.38. The number of ether oxygens (including phenoxy) is 1. The van der Waals surface area contributed by atoms with Gasteiger partial charge < -0.3 is 19.2 Å². The maximum absolute atomic E-state index is 13.6. The summed E-state index contributed by atoms with van der Waals surface area (Å²) < 4.78 is 20.7. The van der Waals surface area contributed by atoms with E-state index in [1.165, 1.54) is 5.56 Å². The Bertz CT molecular complexity index is 1190. The van der Waals surface area contributed by atoms with Crippen LogP contribution in [0.5, 0.6) is 5.75 Å². The van der Waals surface area contributed by atoms with E-state index in [9.17, 15) is 11.0 Å². The Balaban J connectivity index is 1.52. The average Bonchev–Trinajstić information content (AvgIpc) is 3.59. The number of rotatable bonds is 13. The molecule has 0 bridgehead atoms. The van der Waals surface area contributed by atoms with E-state index in [0.29, 0.717) is 35.8 Å². The second kappa shape index (κ2) is 11.9. The second-order valence-electron chi connectivity index (χ2n) is 9.61. The number of carboxylic acid groups (broad SMARTS) is 1. The third kappa shape index (κ3) is 6.78. The summed E-state index contributed by atoms with van der Waals surface area (Å²) in [5.41, 5.74) is 3.26. The molecule has 6 nitrogen and oxygen atoms in total. The molecule has 0 saturated heterocycles. The summed E-state index contributed by atoms with van der Waals surface area (Å²) in [4.78, 5) is 25.9. The van der Waals surface area contributed by atoms with Crippen LogP contribution in [-0.2, 0) is 11.3 Å². The number of unbranched alkanes of at least 4 members (excludes halogenated alkanes) is 2. The molecule has 2 aromatic carbocycles. The average molecular weight is 491 g/mol. The van der Waals surface area contributed by atoms with Crippen molar-refractivity contribution in [2.75, 3.05) is 6.61 Å². The van der Waals surface area contributed by atoms with Crippen LogP contribution in [0.3, 0.4) is 0 Å². The molecule has 1 unspecified atom stereocenters. The van der Waals surface area contributed by atoms with E-state index in [0.717, 1.165) is 37.0 Å². The van der Waals surface area contributed by atoms with Crippen LogP contribution < -0.4 is 4.74 Å². The van der Waals surface area contributed by atoms with E-state index in [4.69, 9.17) is 14.3 Å². The van der Waals surface area contributed by atoms with Crippen molar-refractivity contribution in [1.82, 2.24) is 4.90 Å². The third-order valence-electron chi connectivity index (χ3n) is 6.38. The number of hydrogen-bond acceptors (Lipinski definition) is 4. The lowest BCUT2D eigenvalue weighted by Crippen LogP contribution is -2.36. The molecule has 0 spiro atoms. The lowest BCUT2D eigenvalue weighted by molar-refractivity contribution is -0.137. The molecule has 1 fully saturated rings. The van der Waals surface area contributed by atoms with Gasteiger partial charge in [-0.3, -0.25) is 9.59 Å². The number of benzene rings is 2. The molecule has 36 heavy (non-hydrogen) atoms. The first-order valence-corrected chi connectivity index (χ1v) is 12.7. The lowest BCUT2D eigenvalue weighted by Gasteiger charge is -2.28. The van der Waals surface area contributed by atoms with E-state index >= 15 is 0 Å². The van der Waals surface area contributed by atoms with Crippen LogP contribution in [0, 0.1) is 0 Å². The first kappa shape index (κ1) is 24.2. The molecule has 4 rings (SSSR count). The number of hydrogen-bond donors (Lipinski definition) is 1. The fraction of sp³-hybridized carbons (Fsp3) is 0.400. The number of carbonyl (C=O) groups is 2. The summed E-state index contributed by atoms with van der Waals surface area (Å²) in [5, 5.41) is 8.81. The Morgan fingerprint density at radius 3 is 2.53 bits per heavy atom. The Kier molecular flexibility index (Phi) is 8.01. The van der Waals surface area contributed by atoms with E-state index in [1.807, 2.05) is 50.2 Å². The van der Waals surface area contributed by atoms with Crippen molar-refractivity contribution in [3.8, 4) is 17.1 Å². The summed E-state index contributed by atoms with van der Waals surface area (Å²) in [6.07, 6.45) is 6.16. The van der Waals surface area contributed by atoms with Gasteiger partial charge in [0.2, 0.25) is 0 Å². The molecule has 3 aromatic rings. The molecular formula is C30H35NO5. The van der Waals surface area contributed by atoms with Crippen LogP contribution in [-0.4, -0.2) is 34.5 Å². The van der Waals surface area contributed by atoms with Crippen LogP contribution in [0.25, 0.3) is 11.3 Å². The summed E-state index contributed by atoms with van der Waals surface area (Å²) in [7, 11) is 0. The van der Waals surface area contributed by atoms with Crippen molar-refractivity contribution in [3.63, 3.8) is 0 Å². The van der Waals surface area contributed by atoms with Gasteiger partial charge in [-0.1, -0.05) is 24.3 Å². The smallest absolute Gasteiger partial charge is 0.303 e. The van der Waals surface area contributed by atoms with Gasteiger partial charge in [0.15, 0.2) is 0 Å². The Labute approximate surface area is 214 Å². The van der Waals surface area contributed by atoms with Gasteiger partial charge in [-0.05, 0) is 87.8 Å². The molecule has 6 heteroatoms. The first-order chi connectivity index (χ1) is 17.8. The highest BCUT2D eigenvalue weighted by Crippen LogP contribution is 2.41. The van der Waals surface area contributed by atoms with Crippen molar-refractivity contribution < 1.29 is 25.2 Å². The molecule has 190 valence electrons. The van der Waals surface area contributed by atoms with Crippen LogP contribution in [0.2, 0.25) is 0 Å². The van der Waals surface area contributed by atoms with Gasteiger partial charge in [-0.2, -0.15) is 0 Å². The van der Waals surface area contributed by atoms with Crippen LogP contribution in [0.15, 0.2) is 65.3 Å². The normalized spacial score (nSPS) is 14.4. The van der Waals surface area contributed by atoms with Crippen molar-refractivity contribution in [3.05, 3.63) is 77.6 Å². The number of amides is 1. The molecular weight excluding hydrogens is 454 g/mol. The number of nitrogens with zero attached hydrogens (tertiary/aromatic N) is 1. The molecule has 1 saturated carbocycles. The van der Waals surface area contributed by atoms with Crippen molar-refractivity contribution in [2.24, 2.45) is 0 Å². The molecule has 1 amide bonds. The molecule has 1 atom stereocenters. The fourth-order valence-electron chi connectivity index (χ4n) is 4.17. The summed E-state index contributed by atoms with van der Waals surface area (Å²) in [6, 6.07) is 16.8. The fourth-order valence-corrected chi connectivity index (χ4v) is 4.17. The van der Waals surface area contributed by atoms with E-state index in [1.54, 1.807) is 23.3 Å². The maximum Gasteiger partial charge on any atom is 0.303 e. The molecule has 1 aliphatic carbocycles. The van der Waals surface area contributed by atoms with Crippen LogP contribution in [0.1, 0.15) is 81.1 Å². The quantitative estimate of drug-likeness (QED) is 0.264. The van der Waals surface area contributed by atoms with Gasteiger partial charge >= 0.3 is 5.97 Å². The molecule has 0 radical (unpaired) electrons. The molecule has 1 heterocycles. The minimum Gasteiger partial charge on any atom is -0.493 e. The largest absolute Gasteiger partial charge is 0.493 e. The topological polar surface area (TPSA) is 80.0 Å². The lowest BCUT2D eigenvalue weighted by atomic mass is 10.0. The van der Waals surface area contributed by atoms with Crippen LogP contribution >= 0.6 is 0 Å².